The second-order valence-corrected chi connectivity index (χ2v) is 7.35. The Morgan fingerprint density at radius 3 is 2.07 bits per heavy atom. The molecule has 0 bridgehead atoms. The molecule has 2 aromatic rings. The minimum Gasteiger partial charge on any atom is -0.390 e. The number of nitrogens with one attached hydrogen (secondary N) is 1. The topological polar surface area (TPSA) is 92.4 Å². The Labute approximate surface area is 159 Å². The summed E-state index contributed by atoms with van der Waals surface area (Å²) >= 11 is 0. The number of aliphatic hydroxyl groups is 1. The molecule has 0 aliphatic heterocycles. The molecule has 5 heteroatoms. The first-order valence-corrected chi connectivity index (χ1v) is 9.43. The SMILES string of the molecule is NC(=O)Cc1ccc(-c2ccc(C(=O)NCCC3(O)CCCC3)cc2)cc1. The third-order valence-electron chi connectivity index (χ3n) is 5.22. The van der Waals surface area contributed by atoms with Gasteiger partial charge in [-0.15, -0.1) is 0 Å². The first-order chi connectivity index (χ1) is 13.0. The van der Waals surface area contributed by atoms with E-state index in [1.54, 1.807) is 12.1 Å². The van der Waals surface area contributed by atoms with Crippen LogP contribution in [0.2, 0.25) is 0 Å². The number of hydrogen-bond acceptors (Lipinski definition) is 3. The maximum absolute atomic E-state index is 12.3. The van der Waals surface area contributed by atoms with Gasteiger partial charge in [0, 0.05) is 12.1 Å². The lowest BCUT2D eigenvalue weighted by Crippen LogP contribution is -2.32. The summed E-state index contributed by atoms with van der Waals surface area (Å²) in [6.45, 7) is 0.485. The van der Waals surface area contributed by atoms with Crippen molar-refractivity contribution in [3.05, 3.63) is 59.7 Å². The number of rotatable bonds is 7. The molecule has 2 aromatic carbocycles. The average molecular weight is 366 g/mol. The Morgan fingerprint density at radius 2 is 1.52 bits per heavy atom. The van der Waals surface area contributed by atoms with Gasteiger partial charge in [0.2, 0.25) is 5.91 Å². The van der Waals surface area contributed by atoms with Crippen molar-refractivity contribution in [2.45, 2.75) is 44.1 Å². The summed E-state index contributed by atoms with van der Waals surface area (Å²) in [5.74, 6) is -0.474. The van der Waals surface area contributed by atoms with Crippen molar-refractivity contribution in [1.29, 1.82) is 0 Å². The molecule has 0 heterocycles. The van der Waals surface area contributed by atoms with Crippen molar-refractivity contribution in [1.82, 2.24) is 5.32 Å². The van der Waals surface area contributed by atoms with Crippen molar-refractivity contribution in [3.63, 3.8) is 0 Å². The van der Waals surface area contributed by atoms with Gasteiger partial charge in [0.25, 0.3) is 5.91 Å². The maximum Gasteiger partial charge on any atom is 0.251 e. The zero-order valence-corrected chi connectivity index (χ0v) is 15.4. The molecule has 1 aliphatic rings. The van der Waals surface area contributed by atoms with Crippen molar-refractivity contribution in [2.75, 3.05) is 6.54 Å². The minimum atomic E-state index is -0.599. The van der Waals surface area contributed by atoms with Crippen LogP contribution in [-0.4, -0.2) is 29.1 Å². The molecule has 2 amide bonds. The Hall–Kier alpha value is -2.66. The summed E-state index contributed by atoms with van der Waals surface area (Å²) in [6.07, 6.45) is 4.62. The van der Waals surface area contributed by atoms with Crippen LogP contribution in [0.25, 0.3) is 11.1 Å². The Balaban J connectivity index is 1.56. The molecule has 0 atom stereocenters. The normalized spacial score (nSPS) is 15.4. The first-order valence-electron chi connectivity index (χ1n) is 9.43. The molecule has 0 unspecified atom stereocenters. The van der Waals surface area contributed by atoms with Crippen LogP contribution in [0, 0.1) is 0 Å². The number of primary amides is 1. The second kappa shape index (κ2) is 8.35. The van der Waals surface area contributed by atoms with E-state index in [4.69, 9.17) is 5.73 Å². The molecular weight excluding hydrogens is 340 g/mol. The molecule has 3 rings (SSSR count). The zero-order valence-electron chi connectivity index (χ0n) is 15.4. The number of hydrogen-bond donors (Lipinski definition) is 3. The highest BCUT2D eigenvalue weighted by molar-refractivity contribution is 5.94. The lowest BCUT2D eigenvalue weighted by Gasteiger charge is -2.21. The third-order valence-corrected chi connectivity index (χ3v) is 5.22. The highest BCUT2D eigenvalue weighted by Gasteiger charge is 2.30. The first kappa shape index (κ1) is 19.1. The quantitative estimate of drug-likeness (QED) is 0.703. The number of amides is 2. The van der Waals surface area contributed by atoms with Crippen molar-refractivity contribution in [3.8, 4) is 11.1 Å². The smallest absolute Gasteiger partial charge is 0.251 e. The number of carbonyl (C=O) groups excluding carboxylic acids is 2. The van der Waals surface area contributed by atoms with Crippen molar-refractivity contribution >= 4 is 11.8 Å². The molecule has 5 nitrogen and oxygen atoms in total. The predicted molar refractivity (Wildman–Crippen MR) is 105 cm³/mol. The van der Waals surface area contributed by atoms with Crippen molar-refractivity contribution in [2.24, 2.45) is 5.73 Å². The van der Waals surface area contributed by atoms with E-state index >= 15 is 0 Å². The fraction of sp³-hybridized carbons (Fsp3) is 0.364. The van der Waals surface area contributed by atoms with Crippen LogP contribution >= 0.6 is 0 Å². The van der Waals surface area contributed by atoms with Crippen LogP contribution in [0.3, 0.4) is 0 Å². The highest BCUT2D eigenvalue weighted by atomic mass is 16.3. The average Bonchev–Trinajstić information content (AvgIpc) is 3.08. The summed E-state index contributed by atoms with van der Waals surface area (Å²) in [6, 6.07) is 15.1. The van der Waals surface area contributed by atoms with Gasteiger partial charge in [-0.05, 0) is 48.1 Å². The van der Waals surface area contributed by atoms with Crippen LogP contribution in [0.5, 0.6) is 0 Å². The molecular formula is C22H26N2O3. The fourth-order valence-corrected chi connectivity index (χ4v) is 3.62. The lowest BCUT2D eigenvalue weighted by molar-refractivity contribution is -0.117. The molecule has 0 radical (unpaired) electrons. The van der Waals surface area contributed by atoms with Gasteiger partial charge in [0.15, 0.2) is 0 Å². The van der Waals surface area contributed by atoms with Crippen LogP contribution in [0.1, 0.15) is 48.0 Å². The van der Waals surface area contributed by atoms with Gasteiger partial charge in [-0.3, -0.25) is 9.59 Å². The zero-order chi connectivity index (χ0) is 19.3. The number of carbonyl (C=O) groups is 2. The van der Waals surface area contributed by atoms with E-state index in [0.29, 0.717) is 18.5 Å². The Kier molecular flexibility index (Phi) is 5.91. The molecule has 1 saturated carbocycles. The Bertz CT molecular complexity index is 791. The van der Waals surface area contributed by atoms with E-state index in [2.05, 4.69) is 5.32 Å². The molecule has 4 N–H and O–H groups in total. The second-order valence-electron chi connectivity index (χ2n) is 7.35. The number of benzene rings is 2. The molecule has 142 valence electrons. The van der Waals surface area contributed by atoms with E-state index < -0.39 is 5.60 Å². The summed E-state index contributed by atoms with van der Waals surface area (Å²) in [7, 11) is 0. The van der Waals surface area contributed by atoms with E-state index in [9.17, 15) is 14.7 Å². The van der Waals surface area contributed by atoms with E-state index in [0.717, 1.165) is 42.4 Å². The van der Waals surface area contributed by atoms with E-state index in [-0.39, 0.29) is 18.2 Å². The van der Waals surface area contributed by atoms with Gasteiger partial charge in [-0.2, -0.15) is 0 Å². The molecule has 0 saturated heterocycles. The van der Waals surface area contributed by atoms with Gasteiger partial charge >= 0.3 is 0 Å². The van der Waals surface area contributed by atoms with Gasteiger partial charge in [-0.1, -0.05) is 49.2 Å². The van der Waals surface area contributed by atoms with Gasteiger partial charge in [-0.25, -0.2) is 0 Å². The van der Waals surface area contributed by atoms with Gasteiger partial charge < -0.3 is 16.2 Å². The lowest BCUT2D eigenvalue weighted by atomic mass is 9.98. The van der Waals surface area contributed by atoms with Gasteiger partial charge in [0.05, 0.1) is 12.0 Å². The monoisotopic (exact) mass is 366 g/mol. The molecule has 27 heavy (non-hydrogen) atoms. The third kappa shape index (κ3) is 5.17. The summed E-state index contributed by atoms with van der Waals surface area (Å²) < 4.78 is 0. The van der Waals surface area contributed by atoms with Crippen molar-refractivity contribution < 1.29 is 14.7 Å². The van der Waals surface area contributed by atoms with Crippen LogP contribution in [0.4, 0.5) is 0 Å². The summed E-state index contributed by atoms with van der Waals surface area (Å²) in [5, 5.41) is 13.2. The fourth-order valence-electron chi connectivity index (χ4n) is 3.62. The molecule has 0 spiro atoms. The van der Waals surface area contributed by atoms with Crippen LogP contribution in [0.15, 0.2) is 48.5 Å². The maximum atomic E-state index is 12.3. The predicted octanol–water partition coefficient (Wildman–Crippen LogP) is 2.81. The van der Waals surface area contributed by atoms with Gasteiger partial charge in [0.1, 0.15) is 0 Å². The van der Waals surface area contributed by atoms with Crippen LogP contribution in [-0.2, 0) is 11.2 Å². The van der Waals surface area contributed by atoms with E-state index in [1.807, 2.05) is 36.4 Å². The standard InChI is InChI=1S/C22H26N2O3/c23-20(25)15-16-3-5-17(6-4-16)18-7-9-19(10-8-18)21(26)24-14-13-22(27)11-1-2-12-22/h3-10,27H,1-2,11-15H2,(H2,23,25)(H,24,26). The summed E-state index contributed by atoms with van der Waals surface area (Å²) in [5.41, 5.74) is 8.10. The molecule has 1 fully saturated rings. The number of nitrogens with two attached hydrogens (primary N) is 1. The molecule has 0 aromatic heterocycles. The van der Waals surface area contributed by atoms with E-state index in [1.165, 1.54) is 0 Å². The highest BCUT2D eigenvalue weighted by Crippen LogP contribution is 2.31. The summed E-state index contributed by atoms with van der Waals surface area (Å²) in [4.78, 5) is 23.2. The largest absolute Gasteiger partial charge is 0.390 e. The Morgan fingerprint density at radius 1 is 0.963 bits per heavy atom. The minimum absolute atomic E-state index is 0.125. The molecule has 1 aliphatic carbocycles. The van der Waals surface area contributed by atoms with Crippen LogP contribution < -0.4 is 11.1 Å².